The molecule has 0 aliphatic rings. The van der Waals surface area contributed by atoms with Gasteiger partial charge in [-0.25, -0.2) is 9.97 Å². The lowest BCUT2D eigenvalue weighted by Gasteiger charge is -2.07. The minimum atomic E-state index is 0.762. The molecule has 0 unspecified atom stereocenters. The number of rotatable bonds is 5. The second kappa shape index (κ2) is 7.07. The van der Waals surface area contributed by atoms with Gasteiger partial charge in [-0.3, -0.25) is 0 Å². The summed E-state index contributed by atoms with van der Waals surface area (Å²) < 4.78 is 0. The number of aromatic nitrogens is 2. The molecule has 0 spiro atoms. The van der Waals surface area contributed by atoms with Crippen LogP contribution in [-0.4, -0.2) is 16.5 Å². The third kappa shape index (κ3) is 4.20. The average molecular weight is 308 g/mol. The van der Waals surface area contributed by atoms with E-state index in [0.29, 0.717) is 0 Å². The Morgan fingerprint density at radius 2 is 1.85 bits per heavy atom. The van der Waals surface area contributed by atoms with Crippen molar-refractivity contribution in [1.29, 1.82) is 0 Å². The van der Waals surface area contributed by atoms with Gasteiger partial charge < -0.3 is 5.32 Å². The van der Waals surface area contributed by atoms with Gasteiger partial charge in [-0.2, -0.15) is 0 Å². The number of nitrogens with zero attached hydrogens (tertiary/aromatic N) is 2. The first kappa shape index (κ1) is 15.3. The largest absolute Gasteiger partial charge is 0.313 e. The van der Waals surface area contributed by atoms with E-state index in [1.165, 1.54) is 11.8 Å². The molecule has 0 saturated carbocycles. The SMILES string of the molecule is CCNCc1ccc(Sc2nc(C)cc(C)n2)cc1Cl. The van der Waals surface area contributed by atoms with Crippen molar-refractivity contribution in [2.75, 3.05) is 6.54 Å². The lowest BCUT2D eigenvalue weighted by atomic mass is 10.2. The van der Waals surface area contributed by atoms with Crippen LogP contribution < -0.4 is 5.32 Å². The third-order valence-corrected chi connectivity index (χ3v) is 3.97. The monoisotopic (exact) mass is 307 g/mol. The predicted octanol–water partition coefficient (Wildman–Crippen LogP) is 4.01. The van der Waals surface area contributed by atoms with Crippen LogP contribution >= 0.6 is 23.4 Å². The Balaban J connectivity index is 2.15. The molecule has 0 aliphatic heterocycles. The summed E-state index contributed by atoms with van der Waals surface area (Å²) in [5.41, 5.74) is 3.07. The van der Waals surface area contributed by atoms with E-state index < -0.39 is 0 Å². The lowest BCUT2D eigenvalue weighted by molar-refractivity contribution is 0.726. The van der Waals surface area contributed by atoms with Crippen LogP contribution in [-0.2, 0) is 6.54 Å². The Hall–Kier alpha value is -1.10. The van der Waals surface area contributed by atoms with Gasteiger partial charge in [0.1, 0.15) is 0 Å². The van der Waals surface area contributed by atoms with Gasteiger partial charge in [0.05, 0.1) is 0 Å². The van der Waals surface area contributed by atoms with Crippen LogP contribution in [0.4, 0.5) is 0 Å². The normalized spacial score (nSPS) is 10.8. The van der Waals surface area contributed by atoms with Crippen molar-refractivity contribution in [3.63, 3.8) is 0 Å². The number of hydrogen-bond acceptors (Lipinski definition) is 4. The Labute approximate surface area is 129 Å². The molecule has 1 heterocycles. The van der Waals surface area contributed by atoms with E-state index >= 15 is 0 Å². The second-order valence-electron chi connectivity index (χ2n) is 4.57. The van der Waals surface area contributed by atoms with Gasteiger partial charge in [0.15, 0.2) is 5.16 Å². The maximum atomic E-state index is 6.30. The maximum Gasteiger partial charge on any atom is 0.192 e. The Kier molecular flexibility index (Phi) is 5.40. The Morgan fingerprint density at radius 3 is 2.45 bits per heavy atom. The summed E-state index contributed by atoms with van der Waals surface area (Å²) in [6.07, 6.45) is 0. The lowest BCUT2D eigenvalue weighted by Crippen LogP contribution is -2.11. The number of nitrogens with one attached hydrogen (secondary N) is 1. The highest BCUT2D eigenvalue weighted by Gasteiger charge is 2.06. The highest BCUT2D eigenvalue weighted by atomic mass is 35.5. The van der Waals surface area contributed by atoms with Crippen LogP contribution in [0.15, 0.2) is 34.3 Å². The third-order valence-electron chi connectivity index (χ3n) is 2.76. The van der Waals surface area contributed by atoms with Gasteiger partial charge in [-0.1, -0.05) is 24.6 Å². The molecule has 0 bridgehead atoms. The van der Waals surface area contributed by atoms with E-state index in [1.807, 2.05) is 26.0 Å². The van der Waals surface area contributed by atoms with Crippen LogP contribution in [0, 0.1) is 13.8 Å². The molecule has 0 fully saturated rings. The van der Waals surface area contributed by atoms with E-state index in [4.69, 9.17) is 11.6 Å². The molecule has 0 aliphatic carbocycles. The van der Waals surface area contributed by atoms with E-state index in [0.717, 1.165) is 45.1 Å². The fraction of sp³-hybridized carbons (Fsp3) is 0.333. The Morgan fingerprint density at radius 1 is 1.15 bits per heavy atom. The van der Waals surface area contributed by atoms with Crippen molar-refractivity contribution in [3.05, 3.63) is 46.2 Å². The van der Waals surface area contributed by atoms with Crippen LogP contribution in [0.5, 0.6) is 0 Å². The smallest absolute Gasteiger partial charge is 0.192 e. The molecular formula is C15H18ClN3S. The summed E-state index contributed by atoms with van der Waals surface area (Å²) in [4.78, 5) is 9.91. The summed E-state index contributed by atoms with van der Waals surface area (Å²) in [5.74, 6) is 0. The van der Waals surface area contributed by atoms with Crippen molar-refractivity contribution in [3.8, 4) is 0 Å². The highest BCUT2D eigenvalue weighted by Crippen LogP contribution is 2.29. The van der Waals surface area contributed by atoms with E-state index in [-0.39, 0.29) is 0 Å². The van der Waals surface area contributed by atoms with E-state index in [9.17, 15) is 0 Å². The minimum Gasteiger partial charge on any atom is -0.313 e. The fourth-order valence-electron chi connectivity index (χ4n) is 1.84. The molecular weight excluding hydrogens is 290 g/mol. The molecule has 0 amide bonds. The van der Waals surface area contributed by atoms with Gasteiger partial charge in [-0.05, 0) is 55.9 Å². The van der Waals surface area contributed by atoms with Crippen LogP contribution in [0.2, 0.25) is 5.02 Å². The number of halogens is 1. The summed E-state index contributed by atoms with van der Waals surface area (Å²) in [7, 11) is 0. The first-order chi connectivity index (χ1) is 9.58. The fourth-order valence-corrected chi connectivity index (χ4v) is 3.05. The molecule has 0 saturated heterocycles. The molecule has 3 nitrogen and oxygen atoms in total. The number of hydrogen-bond donors (Lipinski definition) is 1. The maximum absolute atomic E-state index is 6.30. The first-order valence-corrected chi connectivity index (χ1v) is 7.77. The van der Waals surface area contributed by atoms with Gasteiger partial charge in [0.25, 0.3) is 0 Å². The Bertz CT molecular complexity index is 581. The van der Waals surface area contributed by atoms with Gasteiger partial charge >= 0.3 is 0 Å². The van der Waals surface area contributed by atoms with Gasteiger partial charge in [0, 0.05) is 27.9 Å². The molecule has 20 heavy (non-hydrogen) atoms. The zero-order valence-electron chi connectivity index (χ0n) is 11.9. The first-order valence-electron chi connectivity index (χ1n) is 6.57. The summed E-state index contributed by atoms with van der Waals surface area (Å²) in [6, 6.07) is 8.05. The molecule has 1 aromatic heterocycles. The summed E-state index contributed by atoms with van der Waals surface area (Å²) in [6.45, 7) is 7.76. The van der Waals surface area contributed by atoms with Crippen LogP contribution in [0.1, 0.15) is 23.9 Å². The summed E-state index contributed by atoms with van der Waals surface area (Å²) in [5, 5.41) is 4.81. The van der Waals surface area contributed by atoms with E-state index in [2.05, 4.69) is 34.3 Å². The van der Waals surface area contributed by atoms with Crippen molar-refractivity contribution in [2.24, 2.45) is 0 Å². The molecule has 1 N–H and O–H groups in total. The topological polar surface area (TPSA) is 37.8 Å². The quantitative estimate of drug-likeness (QED) is 0.847. The molecule has 5 heteroatoms. The molecule has 2 aromatic rings. The van der Waals surface area contributed by atoms with Gasteiger partial charge in [0.2, 0.25) is 0 Å². The zero-order valence-corrected chi connectivity index (χ0v) is 13.5. The van der Waals surface area contributed by atoms with Crippen molar-refractivity contribution in [1.82, 2.24) is 15.3 Å². The predicted molar refractivity (Wildman–Crippen MR) is 84.5 cm³/mol. The molecule has 2 rings (SSSR count). The average Bonchev–Trinajstić information content (AvgIpc) is 2.36. The standard InChI is InChI=1S/C15H18ClN3S/c1-4-17-9-12-5-6-13(8-14(12)16)20-15-18-10(2)7-11(3)19-15/h5-8,17H,4,9H2,1-3H3. The molecule has 0 radical (unpaired) electrons. The molecule has 106 valence electrons. The van der Waals surface area contributed by atoms with Crippen LogP contribution in [0.3, 0.4) is 0 Å². The minimum absolute atomic E-state index is 0.762. The second-order valence-corrected chi connectivity index (χ2v) is 6.02. The number of aryl methyl sites for hydroxylation is 2. The van der Waals surface area contributed by atoms with Crippen molar-refractivity contribution >= 4 is 23.4 Å². The van der Waals surface area contributed by atoms with E-state index in [1.54, 1.807) is 0 Å². The zero-order chi connectivity index (χ0) is 14.5. The molecule has 0 atom stereocenters. The highest BCUT2D eigenvalue weighted by molar-refractivity contribution is 7.99. The van der Waals surface area contributed by atoms with Gasteiger partial charge in [-0.15, -0.1) is 0 Å². The van der Waals surface area contributed by atoms with Crippen molar-refractivity contribution < 1.29 is 0 Å². The number of benzene rings is 1. The van der Waals surface area contributed by atoms with Crippen molar-refractivity contribution in [2.45, 2.75) is 37.4 Å². The molecule has 1 aromatic carbocycles. The summed E-state index contributed by atoms with van der Waals surface area (Å²) >= 11 is 7.84. The van der Waals surface area contributed by atoms with Crippen LogP contribution in [0.25, 0.3) is 0 Å².